The van der Waals surface area contributed by atoms with Crippen LogP contribution in [0.1, 0.15) is 11.1 Å². The van der Waals surface area contributed by atoms with Gasteiger partial charge in [-0.05, 0) is 74.5 Å². The number of benzene rings is 7. The maximum absolute atomic E-state index is 8.08. The second-order valence-electron chi connectivity index (χ2n) is 14.1. The predicted molar refractivity (Wildman–Crippen MR) is 222 cm³/mol. The number of furan rings is 1. The van der Waals surface area contributed by atoms with Crippen LogP contribution >= 0.6 is 0 Å². The summed E-state index contributed by atoms with van der Waals surface area (Å²) in [6.45, 7) is 12.3. The molecule has 0 fully saturated rings. The van der Waals surface area contributed by atoms with Crippen molar-refractivity contribution in [2.45, 2.75) is 13.8 Å². The molecule has 0 saturated carbocycles. The summed E-state index contributed by atoms with van der Waals surface area (Å²) in [7, 11) is 0. The zero-order valence-electron chi connectivity index (χ0n) is 29.9. The van der Waals surface area contributed by atoms with Gasteiger partial charge in [-0.25, -0.2) is 9.83 Å². The van der Waals surface area contributed by atoms with Crippen LogP contribution in [-0.2, 0) is 0 Å². The summed E-state index contributed by atoms with van der Waals surface area (Å²) < 4.78 is 10.8. The van der Waals surface area contributed by atoms with Gasteiger partial charge in [-0.1, -0.05) is 96.1 Å². The van der Waals surface area contributed by atoms with Crippen molar-refractivity contribution < 1.29 is 4.42 Å². The third-order valence-electron chi connectivity index (χ3n) is 10.7. The topological polar surface area (TPSA) is 66.0 Å². The first-order valence-corrected chi connectivity index (χ1v) is 18.2. The molecule has 0 saturated heterocycles. The average Bonchev–Trinajstić information content (AvgIpc) is 3.88. The quantitative estimate of drug-likeness (QED) is 0.171. The van der Waals surface area contributed by atoms with Gasteiger partial charge in [-0.3, -0.25) is 4.57 Å². The lowest BCUT2D eigenvalue weighted by Crippen LogP contribution is -2.08. The number of fused-ring (bicyclic) bond motifs is 10. The summed E-state index contributed by atoms with van der Waals surface area (Å²) in [5.74, 6) is 1.51. The zero-order chi connectivity index (χ0) is 36.8. The highest BCUT2D eigenvalue weighted by atomic mass is 16.3. The van der Waals surface area contributed by atoms with Crippen molar-refractivity contribution in [3.63, 3.8) is 0 Å². The molecule has 55 heavy (non-hydrogen) atoms. The fourth-order valence-corrected chi connectivity index (χ4v) is 8.25. The minimum Gasteiger partial charge on any atom is -0.456 e. The van der Waals surface area contributed by atoms with Crippen molar-refractivity contribution in [1.82, 2.24) is 24.1 Å². The number of aromatic nitrogens is 5. The molecule has 0 aliphatic heterocycles. The maximum Gasteiger partial charge on any atom is 0.238 e. The molecule has 0 unspecified atom stereocenters. The third kappa shape index (κ3) is 4.65. The van der Waals surface area contributed by atoms with E-state index in [0.717, 1.165) is 76.8 Å². The Labute approximate surface area is 315 Å². The highest BCUT2D eigenvalue weighted by Gasteiger charge is 2.24. The van der Waals surface area contributed by atoms with Gasteiger partial charge in [-0.2, -0.15) is 9.97 Å². The number of rotatable bonds is 4. The van der Waals surface area contributed by atoms with Gasteiger partial charge in [0.1, 0.15) is 11.2 Å². The van der Waals surface area contributed by atoms with Crippen molar-refractivity contribution in [3.05, 3.63) is 168 Å². The molecule has 4 aromatic heterocycles. The molecular weight excluding hydrogens is 677 g/mol. The first-order chi connectivity index (χ1) is 27.0. The van der Waals surface area contributed by atoms with Gasteiger partial charge in [0.05, 0.1) is 39.7 Å². The lowest BCUT2D eigenvalue weighted by Gasteiger charge is -2.16. The molecule has 0 bridgehead atoms. The van der Waals surface area contributed by atoms with E-state index in [1.807, 2.05) is 66.7 Å². The van der Waals surface area contributed by atoms with Crippen molar-refractivity contribution >= 4 is 71.2 Å². The standard InChI is InChI=1S/C48H30N6O/c1-28-17-21-39-35(25-28)36-26-29(2)18-22-40(36)54(39)48-51-46(30-11-5-4-6-12-30)50-47(52-48)37-27-31(49-3)19-23-41(37)53-38-15-9-7-13-32(38)33-20-24-43-44(45(33)53)34-14-8-10-16-42(34)55-43/h4-27H,1-2H3. The summed E-state index contributed by atoms with van der Waals surface area (Å²) in [4.78, 5) is 19.6. The number of aryl methyl sites for hydroxylation is 2. The van der Waals surface area contributed by atoms with E-state index in [0.29, 0.717) is 28.8 Å². The van der Waals surface area contributed by atoms with E-state index in [4.69, 9.17) is 25.9 Å². The van der Waals surface area contributed by atoms with Crippen LogP contribution in [0, 0.1) is 20.4 Å². The van der Waals surface area contributed by atoms with Gasteiger partial charge < -0.3 is 8.98 Å². The molecule has 0 atom stereocenters. The zero-order valence-corrected chi connectivity index (χ0v) is 29.9. The largest absolute Gasteiger partial charge is 0.456 e. The molecule has 4 heterocycles. The molecule has 0 amide bonds. The van der Waals surface area contributed by atoms with E-state index in [1.165, 1.54) is 11.1 Å². The van der Waals surface area contributed by atoms with Crippen molar-refractivity contribution in [2.24, 2.45) is 0 Å². The van der Waals surface area contributed by atoms with Gasteiger partial charge in [-0.15, -0.1) is 0 Å². The van der Waals surface area contributed by atoms with Crippen LogP contribution < -0.4 is 0 Å². The number of para-hydroxylation sites is 2. The van der Waals surface area contributed by atoms with Crippen molar-refractivity contribution in [1.29, 1.82) is 0 Å². The Bertz CT molecular complexity index is 3360. The van der Waals surface area contributed by atoms with E-state index < -0.39 is 0 Å². The lowest BCUT2D eigenvalue weighted by molar-refractivity contribution is 0.669. The van der Waals surface area contributed by atoms with Crippen LogP contribution in [0.15, 0.2) is 150 Å². The Kier molecular flexibility index (Phi) is 6.61. The van der Waals surface area contributed by atoms with E-state index >= 15 is 0 Å². The minimum atomic E-state index is 0.466. The van der Waals surface area contributed by atoms with Crippen LogP contribution in [0.25, 0.3) is 105 Å². The average molecular weight is 707 g/mol. The number of hydrogen-bond acceptors (Lipinski definition) is 4. The van der Waals surface area contributed by atoms with Gasteiger partial charge in [0.25, 0.3) is 0 Å². The molecule has 0 spiro atoms. The highest BCUT2D eigenvalue weighted by molar-refractivity contribution is 6.24. The van der Waals surface area contributed by atoms with Crippen LogP contribution in [0.4, 0.5) is 5.69 Å². The summed E-state index contributed by atoms with van der Waals surface area (Å²) in [5.41, 5.74) is 11.0. The summed E-state index contributed by atoms with van der Waals surface area (Å²) >= 11 is 0. The van der Waals surface area contributed by atoms with Gasteiger partial charge in [0, 0.05) is 38.1 Å². The molecular formula is C48H30N6O. The fourth-order valence-electron chi connectivity index (χ4n) is 8.25. The van der Waals surface area contributed by atoms with Crippen LogP contribution in [0.3, 0.4) is 0 Å². The van der Waals surface area contributed by atoms with E-state index in [9.17, 15) is 0 Å². The second kappa shape index (κ2) is 11.7. The molecule has 0 aliphatic rings. The first kappa shape index (κ1) is 31.0. The monoisotopic (exact) mass is 706 g/mol. The Morgan fingerprint density at radius 1 is 0.527 bits per heavy atom. The lowest BCUT2D eigenvalue weighted by atomic mass is 10.1. The van der Waals surface area contributed by atoms with Crippen molar-refractivity contribution in [2.75, 3.05) is 0 Å². The van der Waals surface area contributed by atoms with Crippen LogP contribution in [-0.4, -0.2) is 24.1 Å². The van der Waals surface area contributed by atoms with E-state index in [1.54, 1.807) is 0 Å². The smallest absolute Gasteiger partial charge is 0.238 e. The summed E-state index contributed by atoms with van der Waals surface area (Å²) in [5, 5.41) is 6.56. The number of nitrogens with zero attached hydrogens (tertiary/aromatic N) is 6. The van der Waals surface area contributed by atoms with E-state index in [2.05, 4.69) is 107 Å². The second-order valence-corrected chi connectivity index (χ2v) is 14.1. The molecule has 11 rings (SSSR count). The van der Waals surface area contributed by atoms with E-state index in [-0.39, 0.29) is 0 Å². The van der Waals surface area contributed by atoms with Crippen LogP contribution in [0.2, 0.25) is 0 Å². The SMILES string of the molecule is [C-]#[N+]c1ccc(-n2c3ccccc3c3ccc4oc5ccccc5c4c32)c(-c2nc(-c3ccccc3)nc(-n3c4ccc(C)cc4c4cc(C)ccc43)n2)c1. The highest BCUT2D eigenvalue weighted by Crippen LogP contribution is 2.43. The third-order valence-corrected chi connectivity index (χ3v) is 10.7. The van der Waals surface area contributed by atoms with Crippen molar-refractivity contribution in [3.8, 4) is 34.4 Å². The number of hydrogen-bond donors (Lipinski definition) is 0. The molecule has 0 aliphatic carbocycles. The molecule has 0 N–H and O–H groups in total. The first-order valence-electron chi connectivity index (χ1n) is 18.2. The molecule has 7 nitrogen and oxygen atoms in total. The summed E-state index contributed by atoms with van der Waals surface area (Å²) in [6.07, 6.45) is 0. The summed E-state index contributed by atoms with van der Waals surface area (Å²) in [6, 6.07) is 49.7. The predicted octanol–water partition coefficient (Wildman–Crippen LogP) is 12.5. The Balaban J connectivity index is 1.27. The molecule has 11 aromatic rings. The molecule has 7 aromatic carbocycles. The molecule has 258 valence electrons. The van der Waals surface area contributed by atoms with Gasteiger partial charge >= 0.3 is 0 Å². The van der Waals surface area contributed by atoms with Gasteiger partial charge in [0.15, 0.2) is 17.3 Å². The Morgan fingerprint density at radius 2 is 1.20 bits per heavy atom. The molecule has 7 heteroatoms. The molecule has 0 radical (unpaired) electrons. The normalized spacial score (nSPS) is 11.8. The Morgan fingerprint density at radius 3 is 1.96 bits per heavy atom. The minimum absolute atomic E-state index is 0.466. The maximum atomic E-state index is 8.08. The fraction of sp³-hybridized carbons (Fsp3) is 0.0417. The van der Waals surface area contributed by atoms with Gasteiger partial charge in [0.2, 0.25) is 5.95 Å². The Hall–Kier alpha value is -7.56. The van der Waals surface area contributed by atoms with Crippen LogP contribution in [0.5, 0.6) is 0 Å².